The summed E-state index contributed by atoms with van der Waals surface area (Å²) in [6.45, 7) is -0.357. The molecular weight excluding hydrogens is 138 g/mol. The highest BCUT2D eigenvalue weighted by Crippen LogP contribution is 1.70. The lowest BCUT2D eigenvalue weighted by Crippen LogP contribution is -2.17. The van der Waals surface area contributed by atoms with Gasteiger partial charge in [0.25, 0.3) is 11.8 Å². The second-order valence-corrected chi connectivity index (χ2v) is 1.38. The van der Waals surface area contributed by atoms with Crippen LogP contribution in [0.3, 0.4) is 0 Å². The lowest BCUT2D eigenvalue weighted by Gasteiger charge is -1.90. The van der Waals surface area contributed by atoms with Crippen molar-refractivity contribution in [2.24, 2.45) is 16.6 Å². The van der Waals surface area contributed by atoms with Gasteiger partial charge in [0.15, 0.2) is 6.61 Å². The molecule has 0 radical (unpaired) electrons. The molecule has 4 N–H and O–H groups in total. The molecule has 0 saturated heterocycles. The fourth-order valence-electron chi connectivity index (χ4n) is 0.190. The molecule has 10 heavy (non-hydrogen) atoms. The standard InChI is InChI=1S/C4H7N3O3/c5-3(8)1-7-10-2-4(6)9/h1H,2H2,(H2,5,8)(H2,6,9). The summed E-state index contributed by atoms with van der Waals surface area (Å²) in [6, 6.07) is 0. The summed E-state index contributed by atoms with van der Waals surface area (Å²) in [7, 11) is 0. The number of carbonyl (C=O) groups excluding carboxylic acids is 2. The Balaban J connectivity index is 3.36. The van der Waals surface area contributed by atoms with Crippen molar-refractivity contribution in [3.63, 3.8) is 0 Å². The van der Waals surface area contributed by atoms with E-state index in [-0.39, 0.29) is 6.61 Å². The summed E-state index contributed by atoms with van der Waals surface area (Å²) in [5.74, 6) is -1.41. The van der Waals surface area contributed by atoms with Crippen LogP contribution in [-0.4, -0.2) is 24.6 Å². The molecule has 6 nitrogen and oxygen atoms in total. The minimum atomic E-state index is -0.746. The fraction of sp³-hybridized carbons (Fsp3) is 0.250. The van der Waals surface area contributed by atoms with Crippen molar-refractivity contribution >= 4 is 18.0 Å². The Hall–Kier alpha value is -1.59. The van der Waals surface area contributed by atoms with Crippen molar-refractivity contribution in [2.45, 2.75) is 0 Å². The van der Waals surface area contributed by atoms with Crippen LogP contribution in [0.1, 0.15) is 0 Å². The highest BCUT2D eigenvalue weighted by Gasteiger charge is 1.90. The van der Waals surface area contributed by atoms with E-state index in [0.717, 1.165) is 6.21 Å². The van der Waals surface area contributed by atoms with Gasteiger partial charge < -0.3 is 16.3 Å². The molecule has 0 fully saturated rings. The van der Waals surface area contributed by atoms with E-state index in [4.69, 9.17) is 0 Å². The Morgan fingerprint density at radius 3 is 2.50 bits per heavy atom. The van der Waals surface area contributed by atoms with Gasteiger partial charge in [0.2, 0.25) is 0 Å². The van der Waals surface area contributed by atoms with Crippen LogP contribution in [0.4, 0.5) is 0 Å². The van der Waals surface area contributed by atoms with Crippen LogP contribution < -0.4 is 11.5 Å². The molecule has 0 heterocycles. The van der Waals surface area contributed by atoms with Gasteiger partial charge in [-0.05, 0) is 0 Å². The third kappa shape index (κ3) is 6.41. The lowest BCUT2D eigenvalue weighted by atomic mass is 10.7. The molecule has 0 bridgehead atoms. The van der Waals surface area contributed by atoms with E-state index in [1.165, 1.54) is 0 Å². The first kappa shape index (κ1) is 8.41. The normalized spacial score (nSPS) is 9.60. The average molecular weight is 145 g/mol. The largest absolute Gasteiger partial charge is 0.386 e. The quantitative estimate of drug-likeness (QED) is 0.351. The van der Waals surface area contributed by atoms with Crippen molar-refractivity contribution in [3.8, 4) is 0 Å². The molecule has 0 aliphatic carbocycles. The predicted molar refractivity (Wildman–Crippen MR) is 32.8 cm³/mol. The molecule has 0 atom stereocenters. The van der Waals surface area contributed by atoms with Crippen molar-refractivity contribution in [2.75, 3.05) is 6.61 Å². The van der Waals surface area contributed by atoms with Crippen molar-refractivity contribution in [1.29, 1.82) is 0 Å². The zero-order chi connectivity index (χ0) is 7.98. The number of carbonyl (C=O) groups is 2. The molecule has 56 valence electrons. The Morgan fingerprint density at radius 2 is 2.10 bits per heavy atom. The second kappa shape index (κ2) is 4.30. The fourth-order valence-corrected chi connectivity index (χ4v) is 0.190. The number of nitrogens with two attached hydrogens (primary N) is 2. The minimum Gasteiger partial charge on any atom is -0.386 e. The molecule has 0 spiro atoms. The van der Waals surface area contributed by atoms with Gasteiger partial charge in [-0.1, -0.05) is 5.16 Å². The summed E-state index contributed by atoms with van der Waals surface area (Å²) < 4.78 is 0. The number of rotatable bonds is 4. The maximum atomic E-state index is 9.95. The van der Waals surface area contributed by atoms with Crippen LogP contribution in [0.2, 0.25) is 0 Å². The first-order valence-corrected chi connectivity index (χ1v) is 2.36. The highest BCUT2D eigenvalue weighted by molar-refractivity contribution is 6.25. The molecule has 0 aliphatic heterocycles. The number of nitrogens with zero attached hydrogens (tertiary/aromatic N) is 1. The van der Waals surface area contributed by atoms with Crippen LogP contribution >= 0.6 is 0 Å². The highest BCUT2D eigenvalue weighted by atomic mass is 16.6. The summed E-state index contributed by atoms with van der Waals surface area (Å²) >= 11 is 0. The summed E-state index contributed by atoms with van der Waals surface area (Å²) in [4.78, 5) is 24.1. The molecule has 2 amide bonds. The van der Waals surface area contributed by atoms with Gasteiger partial charge in [0.1, 0.15) is 6.21 Å². The van der Waals surface area contributed by atoms with Gasteiger partial charge in [-0.15, -0.1) is 0 Å². The molecule has 0 aromatic carbocycles. The molecular formula is C4H7N3O3. The van der Waals surface area contributed by atoms with E-state index in [9.17, 15) is 9.59 Å². The third-order valence-electron chi connectivity index (χ3n) is 0.461. The van der Waals surface area contributed by atoms with Crippen LogP contribution in [-0.2, 0) is 14.4 Å². The van der Waals surface area contributed by atoms with Crippen LogP contribution in [0.15, 0.2) is 5.16 Å². The molecule has 0 aromatic rings. The molecule has 6 heteroatoms. The lowest BCUT2D eigenvalue weighted by molar-refractivity contribution is -0.122. The van der Waals surface area contributed by atoms with E-state index < -0.39 is 11.8 Å². The second-order valence-electron chi connectivity index (χ2n) is 1.38. The summed E-state index contributed by atoms with van der Waals surface area (Å²) in [6.07, 6.45) is 0.739. The van der Waals surface area contributed by atoms with Gasteiger partial charge in [-0.25, -0.2) is 0 Å². The average Bonchev–Trinajstić information content (AvgIpc) is 1.79. The monoisotopic (exact) mass is 145 g/mol. The smallest absolute Gasteiger partial charge is 0.263 e. The summed E-state index contributed by atoms with van der Waals surface area (Å²) in [5.41, 5.74) is 9.28. The maximum absolute atomic E-state index is 9.95. The molecule has 0 aromatic heterocycles. The first-order valence-electron chi connectivity index (χ1n) is 2.36. The molecule has 0 saturated carbocycles. The number of oxime groups is 1. The number of amides is 2. The number of hydrogen-bond donors (Lipinski definition) is 2. The van der Waals surface area contributed by atoms with Crippen molar-refractivity contribution < 1.29 is 14.4 Å². The molecule has 0 unspecified atom stereocenters. The van der Waals surface area contributed by atoms with E-state index >= 15 is 0 Å². The number of primary amides is 2. The zero-order valence-electron chi connectivity index (χ0n) is 5.11. The third-order valence-corrected chi connectivity index (χ3v) is 0.461. The SMILES string of the molecule is NC(=O)C=NOCC(N)=O. The van der Waals surface area contributed by atoms with Crippen molar-refractivity contribution in [1.82, 2.24) is 0 Å². The van der Waals surface area contributed by atoms with Crippen LogP contribution in [0.5, 0.6) is 0 Å². The Kier molecular flexibility index (Phi) is 3.62. The van der Waals surface area contributed by atoms with Gasteiger partial charge >= 0.3 is 0 Å². The number of hydrogen-bond acceptors (Lipinski definition) is 4. The van der Waals surface area contributed by atoms with E-state index in [1.54, 1.807) is 0 Å². The van der Waals surface area contributed by atoms with Gasteiger partial charge in [0, 0.05) is 0 Å². The van der Waals surface area contributed by atoms with Gasteiger partial charge in [-0.3, -0.25) is 9.59 Å². The maximum Gasteiger partial charge on any atom is 0.263 e. The van der Waals surface area contributed by atoms with E-state index in [0.29, 0.717) is 0 Å². The topological polar surface area (TPSA) is 108 Å². The Morgan fingerprint density at radius 1 is 1.50 bits per heavy atom. The Bertz CT molecular complexity index is 165. The molecule has 0 aliphatic rings. The van der Waals surface area contributed by atoms with Crippen LogP contribution in [0, 0.1) is 0 Å². The minimum absolute atomic E-state index is 0.357. The van der Waals surface area contributed by atoms with E-state index in [1.807, 2.05) is 0 Å². The van der Waals surface area contributed by atoms with Gasteiger partial charge in [-0.2, -0.15) is 0 Å². The van der Waals surface area contributed by atoms with Crippen molar-refractivity contribution in [3.05, 3.63) is 0 Å². The Labute approximate surface area is 56.8 Å². The summed E-state index contributed by atoms with van der Waals surface area (Å²) in [5, 5.41) is 3.01. The predicted octanol–water partition coefficient (Wildman–Crippen LogP) is -2.04. The van der Waals surface area contributed by atoms with Crippen LogP contribution in [0.25, 0.3) is 0 Å². The van der Waals surface area contributed by atoms with E-state index in [2.05, 4.69) is 21.5 Å². The molecule has 0 rings (SSSR count). The first-order chi connectivity index (χ1) is 4.63. The van der Waals surface area contributed by atoms with Gasteiger partial charge in [0.05, 0.1) is 0 Å². The zero-order valence-corrected chi connectivity index (χ0v) is 5.11.